The highest BCUT2D eigenvalue weighted by molar-refractivity contribution is 5.94. The predicted octanol–water partition coefficient (Wildman–Crippen LogP) is 2.65. The largest absolute Gasteiger partial charge is 0.397 e. The molecular formula is C12H18N4O. The van der Waals surface area contributed by atoms with E-state index in [1.165, 1.54) is 0 Å². The zero-order valence-corrected chi connectivity index (χ0v) is 10.4. The predicted molar refractivity (Wildman–Crippen MR) is 68.8 cm³/mol. The highest BCUT2D eigenvalue weighted by Crippen LogP contribution is 2.27. The van der Waals surface area contributed by atoms with Crippen molar-refractivity contribution in [1.82, 2.24) is 10.3 Å². The first-order valence-electron chi connectivity index (χ1n) is 5.78. The van der Waals surface area contributed by atoms with E-state index in [-0.39, 0.29) is 5.41 Å². The van der Waals surface area contributed by atoms with E-state index in [0.29, 0.717) is 16.7 Å². The van der Waals surface area contributed by atoms with Crippen LogP contribution in [0.5, 0.6) is 0 Å². The highest BCUT2D eigenvalue weighted by Gasteiger charge is 2.16. The lowest BCUT2D eigenvalue weighted by Crippen LogP contribution is -2.22. The van der Waals surface area contributed by atoms with Crippen molar-refractivity contribution in [2.45, 2.75) is 27.2 Å². The van der Waals surface area contributed by atoms with Gasteiger partial charge in [0.25, 0.3) is 0 Å². The van der Waals surface area contributed by atoms with Crippen LogP contribution in [-0.4, -0.2) is 16.9 Å². The molecule has 1 heterocycles. The van der Waals surface area contributed by atoms with Gasteiger partial charge in [0.1, 0.15) is 0 Å². The Hall–Kier alpha value is -1.78. The molecule has 0 aliphatic rings. The molecule has 3 N–H and O–H groups in total. The van der Waals surface area contributed by atoms with Gasteiger partial charge in [-0.2, -0.15) is 0 Å². The number of nitrogen functional groups attached to an aromatic ring is 1. The van der Waals surface area contributed by atoms with Crippen LogP contribution in [0, 0.1) is 5.41 Å². The minimum atomic E-state index is 0.241. The fourth-order valence-corrected chi connectivity index (χ4v) is 1.49. The molecule has 0 saturated heterocycles. The third-order valence-electron chi connectivity index (χ3n) is 3.16. The summed E-state index contributed by atoms with van der Waals surface area (Å²) in [6.07, 6.45) is 1.11. The lowest BCUT2D eigenvalue weighted by Gasteiger charge is -2.23. The van der Waals surface area contributed by atoms with Crippen molar-refractivity contribution in [2.75, 3.05) is 17.6 Å². The second kappa shape index (κ2) is 4.24. The summed E-state index contributed by atoms with van der Waals surface area (Å²) in [6, 6.07) is 3.72. The van der Waals surface area contributed by atoms with E-state index in [1.54, 1.807) is 0 Å². The molecule has 0 aliphatic heterocycles. The lowest BCUT2D eigenvalue weighted by atomic mass is 9.90. The Kier molecular flexibility index (Phi) is 2.92. The first-order chi connectivity index (χ1) is 8.03. The van der Waals surface area contributed by atoms with E-state index >= 15 is 0 Å². The van der Waals surface area contributed by atoms with Gasteiger partial charge in [-0.1, -0.05) is 20.8 Å². The van der Waals surface area contributed by atoms with Gasteiger partial charge in [-0.15, -0.1) is 0 Å². The number of hydrogen-bond acceptors (Lipinski definition) is 5. The smallest absolute Gasteiger partial charge is 0.160 e. The molecule has 0 spiro atoms. The number of nitrogens with two attached hydrogens (primary N) is 1. The van der Waals surface area contributed by atoms with Gasteiger partial charge in [0.15, 0.2) is 11.0 Å². The number of nitrogens with one attached hydrogen (secondary N) is 1. The van der Waals surface area contributed by atoms with Crippen molar-refractivity contribution in [2.24, 2.45) is 5.41 Å². The van der Waals surface area contributed by atoms with Crippen LogP contribution in [0.1, 0.15) is 27.2 Å². The Balaban J connectivity index is 2.25. The molecule has 0 radical (unpaired) electrons. The summed E-state index contributed by atoms with van der Waals surface area (Å²) < 4.78 is 4.72. The summed E-state index contributed by atoms with van der Waals surface area (Å²) in [6.45, 7) is 7.48. The van der Waals surface area contributed by atoms with Gasteiger partial charge in [0.05, 0.1) is 11.4 Å². The Bertz CT molecular complexity index is 518. The van der Waals surface area contributed by atoms with Gasteiger partial charge in [0, 0.05) is 6.54 Å². The van der Waals surface area contributed by atoms with E-state index in [9.17, 15) is 0 Å². The zero-order valence-electron chi connectivity index (χ0n) is 10.4. The number of fused-ring (bicyclic) bond motifs is 1. The van der Waals surface area contributed by atoms with Crippen LogP contribution in [0.2, 0.25) is 0 Å². The van der Waals surface area contributed by atoms with Crippen LogP contribution < -0.4 is 11.1 Å². The maximum atomic E-state index is 5.79. The van der Waals surface area contributed by atoms with Gasteiger partial charge < -0.3 is 11.1 Å². The minimum absolute atomic E-state index is 0.241. The Morgan fingerprint density at radius 3 is 2.71 bits per heavy atom. The molecule has 5 heteroatoms. The molecule has 0 atom stereocenters. The third kappa shape index (κ3) is 2.33. The van der Waals surface area contributed by atoms with E-state index in [1.807, 2.05) is 12.1 Å². The van der Waals surface area contributed by atoms with E-state index in [0.717, 1.165) is 18.7 Å². The molecule has 0 saturated carbocycles. The molecule has 92 valence electrons. The van der Waals surface area contributed by atoms with Gasteiger partial charge >= 0.3 is 0 Å². The van der Waals surface area contributed by atoms with Crippen LogP contribution >= 0.6 is 0 Å². The van der Waals surface area contributed by atoms with Crippen molar-refractivity contribution in [3.05, 3.63) is 12.1 Å². The molecular weight excluding hydrogens is 216 g/mol. The van der Waals surface area contributed by atoms with Gasteiger partial charge in [-0.3, -0.25) is 0 Å². The molecule has 0 bridgehead atoms. The molecule has 1 aromatic heterocycles. The molecule has 0 unspecified atom stereocenters. The molecule has 17 heavy (non-hydrogen) atoms. The van der Waals surface area contributed by atoms with E-state index in [4.69, 9.17) is 10.4 Å². The first kappa shape index (κ1) is 11.7. The molecule has 2 rings (SSSR count). The third-order valence-corrected chi connectivity index (χ3v) is 3.16. The second-order valence-electron chi connectivity index (χ2n) is 5.04. The van der Waals surface area contributed by atoms with Crippen LogP contribution in [-0.2, 0) is 0 Å². The fraction of sp³-hybridized carbons (Fsp3) is 0.500. The van der Waals surface area contributed by atoms with Crippen LogP contribution in [0.25, 0.3) is 11.0 Å². The Labute approximate surface area is 100 Å². The average molecular weight is 234 g/mol. The summed E-state index contributed by atoms with van der Waals surface area (Å²) in [5.74, 6) is 0. The first-order valence-corrected chi connectivity index (χ1v) is 5.78. The number of anilines is 2. The number of hydrogen-bond donors (Lipinski definition) is 2. The maximum absolute atomic E-state index is 5.79. The Morgan fingerprint density at radius 2 is 2.00 bits per heavy atom. The monoisotopic (exact) mass is 234 g/mol. The normalized spacial score (nSPS) is 11.9. The standard InChI is InChI=1S/C12H18N4O/c1-4-12(2,3)7-14-9-6-5-8(13)10-11(9)16-17-15-10/h5-6,14H,4,7,13H2,1-3H3. The van der Waals surface area contributed by atoms with Gasteiger partial charge in [0.2, 0.25) is 0 Å². The fourth-order valence-electron chi connectivity index (χ4n) is 1.49. The highest BCUT2D eigenvalue weighted by atomic mass is 16.6. The van der Waals surface area contributed by atoms with Crippen LogP contribution in [0.15, 0.2) is 16.8 Å². The number of nitrogens with zero attached hydrogens (tertiary/aromatic N) is 2. The summed E-state index contributed by atoms with van der Waals surface area (Å²) >= 11 is 0. The molecule has 5 nitrogen and oxygen atoms in total. The van der Waals surface area contributed by atoms with Gasteiger partial charge in [-0.25, -0.2) is 4.63 Å². The molecule has 0 amide bonds. The Morgan fingerprint density at radius 1 is 1.29 bits per heavy atom. The van der Waals surface area contributed by atoms with Gasteiger partial charge in [-0.05, 0) is 34.3 Å². The van der Waals surface area contributed by atoms with Crippen molar-refractivity contribution in [3.63, 3.8) is 0 Å². The van der Waals surface area contributed by atoms with Crippen molar-refractivity contribution < 1.29 is 4.63 Å². The van der Waals surface area contributed by atoms with Crippen molar-refractivity contribution in [3.8, 4) is 0 Å². The minimum Gasteiger partial charge on any atom is -0.397 e. The number of rotatable bonds is 4. The van der Waals surface area contributed by atoms with E-state index < -0.39 is 0 Å². The topological polar surface area (TPSA) is 77.0 Å². The zero-order chi connectivity index (χ0) is 12.5. The summed E-state index contributed by atoms with van der Waals surface area (Å²) in [7, 11) is 0. The quantitative estimate of drug-likeness (QED) is 0.795. The van der Waals surface area contributed by atoms with E-state index in [2.05, 4.69) is 36.4 Å². The van der Waals surface area contributed by atoms with Crippen molar-refractivity contribution in [1.29, 1.82) is 0 Å². The van der Waals surface area contributed by atoms with Crippen LogP contribution in [0.4, 0.5) is 11.4 Å². The average Bonchev–Trinajstić information content (AvgIpc) is 2.78. The SMILES string of the molecule is CCC(C)(C)CNc1ccc(N)c2nonc12. The molecule has 0 fully saturated rings. The summed E-state index contributed by atoms with van der Waals surface area (Å²) in [5.41, 5.74) is 8.83. The number of aromatic nitrogens is 2. The number of benzene rings is 1. The lowest BCUT2D eigenvalue weighted by molar-refractivity contribution is 0.315. The van der Waals surface area contributed by atoms with Crippen LogP contribution in [0.3, 0.4) is 0 Å². The summed E-state index contributed by atoms with van der Waals surface area (Å²) in [4.78, 5) is 0. The van der Waals surface area contributed by atoms with Crippen molar-refractivity contribution >= 4 is 22.4 Å². The molecule has 0 aliphatic carbocycles. The maximum Gasteiger partial charge on any atom is 0.160 e. The molecule has 1 aromatic carbocycles. The summed E-state index contributed by atoms with van der Waals surface area (Å²) in [5, 5.41) is 11.0. The molecule has 2 aromatic rings. The second-order valence-corrected chi connectivity index (χ2v) is 5.04.